The van der Waals surface area contributed by atoms with E-state index in [1.807, 2.05) is 0 Å². The lowest BCUT2D eigenvalue weighted by Crippen LogP contribution is -2.48. The van der Waals surface area contributed by atoms with E-state index < -0.39 is 24.4 Å². The highest BCUT2D eigenvalue weighted by molar-refractivity contribution is 5.23. The van der Waals surface area contributed by atoms with Crippen molar-refractivity contribution in [2.75, 3.05) is 27.1 Å². The standard InChI is InChI=1S/C20H22F2O6/c1-24-20-18(11-26-16-8-4-14(22)5-9-16)28-12-27-17(19(20)23)10-25-15-6-2-13(21)3-7-15/h2-9,17-20,23H,10-12H2,1H3/t17-,18-,19-,20-/m0/s1. The molecule has 4 atom stereocenters. The molecule has 2 aromatic carbocycles. The fourth-order valence-electron chi connectivity index (χ4n) is 2.84. The van der Waals surface area contributed by atoms with Gasteiger partial charge in [0, 0.05) is 7.11 Å². The first-order valence-electron chi connectivity index (χ1n) is 8.77. The van der Waals surface area contributed by atoms with Crippen LogP contribution < -0.4 is 9.47 Å². The zero-order valence-electron chi connectivity index (χ0n) is 15.3. The molecule has 0 aromatic heterocycles. The molecule has 0 amide bonds. The van der Waals surface area contributed by atoms with Crippen LogP contribution in [0.15, 0.2) is 48.5 Å². The Labute approximate surface area is 161 Å². The van der Waals surface area contributed by atoms with Crippen LogP contribution in [-0.2, 0) is 14.2 Å². The maximum atomic E-state index is 13.0. The molecule has 0 unspecified atom stereocenters. The summed E-state index contributed by atoms with van der Waals surface area (Å²) >= 11 is 0. The van der Waals surface area contributed by atoms with Crippen LogP contribution in [0, 0.1) is 11.6 Å². The highest BCUT2D eigenvalue weighted by atomic mass is 19.1. The number of ether oxygens (including phenoxy) is 5. The average Bonchev–Trinajstić information content (AvgIpc) is 2.85. The fourth-order valence-corrected chi connectivity index (χ4v) is 2.84. The van der Waals surface area contributed by atoms with Crippen molar-refractivity contribution in [3.8, 4) is 11.5 Å². The molecule has 3 rings (SSSR count). The van der Waals surface area contributed by atoms with Gasteiger partial charge in [0.1, 0.15) is 67.6 Å². The summed E-state index contributed by atoms with van der Waals surface area (Å²) in [7, 11) is 1.45. The van der Waals surface area contributed by atoms with Crippen LogP contribution in [0.25, 0.3) is 0 Å². The van der Waals surface area contributed by atoms with Gasteiger partial charge < -0.3 is 28.8 Å². The maximum absolute atomic E-state index is 13.0. The number of benzene rings is 2. The third-order valence-corrected chi connectivity index (χ3v) is 4.38. The molecule has 0 radical (unpaired) electrons. The Balaban J connectivity index is 1.58. The van der Waals surface area contributed by atoms with Gasteiger partial charge in [0.05, 0.1) is 0 Å². The first-order valence-corrected chi connectivity index (χ1v) is 8.77. The number of hydrogen-bond donors (Lipinski definition) is 1. The van der Waals surface area contributed by atoms with E-state index in [2.05, 4.69) is 0 Å². The topological polar surface area (TPSA) is 66.4 Å². The van der Waals surface area contributed by atoms with Crippen molar-refractivity contribution >= 4 is 0 Å². The lowest BCUT2D eigenvalue weighted by atomic mass is 10.0. The molecular weight excluding hydrogens is 374 g/mol. The molecule has 6 nitrogen and oxygen atoms in total. The second kappa shape index (κ2) is 9.79. The van der Waals surface area contributed by atoms with Crippen molar-refractivity contribution in [1.29, 1.82) is 0 Å². The normalized spacial score (nSPS) is 25.1. The molecule has 1 aliphatic heterocycles. The SMILES string of the molecule is CO[C@@H]1[C@@H](O)[C@H](COc2ccc(F)cc2)OCO[C@H]1COc1ccc(F)cc1. The summed E-state index contributed by atoms with van der Waals surface area (Å²) in [5.41, 5.74) is 0. The van der Waals surface area contributed by atoms with Gasteiger partial charge in [-0.1, -0.05) is 0 Å². The van der Waals surface area contributed by atoms with Crippen LogP contribution in [-0.4, -0.2) is 56.6 Å². The smallest absolute Gasteiger partial charge is 0.148 e. The fraction of sp³-hybridized carbons (Fsp3) is 0.400. The highest BCUT2D eigenvalue weighted by Crippen LogP contribution is 2.21. The summed E-state index contributed by atoms with van der Waals surface area (Å²) in [5, 5.41) is 10.7. The largest absolute Gasteiger partial charge is 0.491 e. The van der Waals surface area contributed by atoms with Crippen LogP contribution in [0.5, 0.6) is 11.5 Å². The van der Waals surface area contributed by atoms with Crippen molar-refractivity contribution in [1.82, 2.24) is 0 Å². The quantitative estimate of drug-likeness (QED) is 0.776. The number of methoxy groups -OCH3 is 1. The molecule has 1 fully saturated rings. The Bertz CT molecular complexity index is 724. The molecule has 1 saturated heterocycles. The summed E-state index contributed by atoms with van der Waals surface area (Å²) in [4.78, 5) is 0. The Morgan fingerprint density at radius 1 is 0.857 bits per heavy atom. The third-order valence-electron chi connectivity index (χ3n) is 4.38. The van der Waals surface area contributed by atoms with Gasteiger partial charge >= 0.3 is 0 Å². The van der Waals surface area contributed by atoms with Crippen LogP contribution in [0.2, 0.25) is 0 Å². The van der Waals surface area contributed by atoms with E-state index >= 15 is 0 Å². The van der Waals surface area contributed by atoms with Crippen molar-refractivity contribution < 1.29 is 37.6 Å². The molecule has 0 spiro atoms. The predicted molar refractivity (Wildman–Crippen MR) is 95.2 cm³/mol. The molecule has 28 heavy (non-hydrogen) atoms. The van der Waals surface area contributed by atoms with Gasteiger partial charge in [0.25, 0.3) is 0 Å². The number of halogens is 2. The zero-order valence-corrected chi connectivity index (χ0v) is 15.3. The van der Waals surface area contributed by atoms with E-state index in [0.717, 1.165) is 0 Å². The summed E-state index contributed by atoms with van der Waals surface area (Å²) in [6.07, 6.45) is -3.11. The molecule has 1 aliphatic rings. The molecule has 2 aromatic rings. The minimum absolute atomic E-state index is 0.0293. The van der Waals surface area contributed by atoms with E-state index in [4.69, 9.17) is 23.7 Å². The van der Waals surface area contributed by atoms with Crippen LogP contribution in [0.3, 0.4) is 0 Å². The number of rotatable bonds is 7. The van der Waals surface area contributed by atoms with E-state index in [0.29, 0.717) is 11.5 Å². The third kappa shape index (κ3) is 5.39. The van der Waals surface area contributed by atoms with Crippen molar-refractivity contribution in [3.63, 3.8) is 0 Å². The van der Waals surface area contributed by atoms with Crippen molar-refractivity contribution in [2.45, 2.75) is 24.4 Å². The summed E-state index contributed by atoms with van der Waals surface area (Å²) in [6.45, 7) is 0.0173. The molecule has 1 N–H and O–H groups in total. The summed E-state index contributed by atoms with van der Waals surface area (Å²) in [6, 6.07) is 11.1. The van der Waals surface area contributed by atoms with Gasteiger partial charge in [-0.05, 0) is 48.5 Å². The zero-order chi connectivity index (χ0) is 19.9. The second-order valence-electron chi connectivity index (χ2n) is 6.25. The highest BCUT2D eigenvalue weighted by Gasteiger charge is 2.39. The van der Waals surface area contributed by atoms with Gasteiger partial charge in [-0.3, -0.25) is 0 Å². The number of aliphatic hydroxyl groups is 1. The number of aliphatic hydroxyl groups excluding tert-OH is 1. The van der Waals surface area contributed by atoms with Crippen LogP contribution in [0.1, 0.15) is 0 Å². The van der Waals surface area contributed by atoms with Gasteiger partial charge in [0.15, 0.2) is 0 Å². The molecule has 0 saturated carbocycles. The second-order valence-corrected chi connectivity index (χ2v) is 6.25. The summed E-state index contributed by atoms with van der Waals surface area (Å²) < 4.78 is 53.7. The van der Waals surface area contributed by atoms with Gasteiger partial charge in [-0.2, -0.15) is 0 Å². The molecule has 0 bridgehead atoms. The molecule has 152 valence electrons. The number of hydrogen-bond acceptors (Lipinski definition) is 6. The van der Waals surface area contributed by atoms with Gasteiger partial charge in [-0.15, -0.1) is 0 Å². The Morgan fingerprint density at radius 3 is 1.82 bits per heavy atom. The monoisotopic (exact) mass is 396 g/mol. The lowest BCUT2D eigenvalue weighted by Gasteiger charge is -2.28. The maximum Gasteiger partial charge on any atom is 0.148 e. The van der Waals surface area contributed by atoms with E-state index in [9.17, 15) is 13.9 Å². The Hall–Kier alpha value is -2.26. The average molecular weight is 396 g/mol. The van der Waals surface area contributed by atoms with Gasteiger partial charge in [-0.25, -0.2) is 8.78 Å². The lowest BCUT2D eigenvalue weighted by molar-refractivity contribution is -0.121. The van der Waals surface area contributed by atoms with Crippen molar-refractivity contribution in [2.24, 2.45) is 0 Å². The van der Waals surface area contributed by atoms with E-state index in [-0.39, 0.29) is 31.6 Å². The first-order chi connectivity index (χ1) is 13.6. The Kier molecular flexibility index (Phi) is 7.16. The van der Waals surface area contributed by atoms with Gasteiger partial charge in [0.2, 0.25) is 0 Å². The Morgan fingerprint density at radius 2 is 1.32 bits per heavy atom. The van der Waals surface area contributed by atoms with Crippen molar-refractivity contribution in [3.05, 3.63) is 60.2 Å². The first kappa shape index (κ1) is 20.5. The van der Waals surface area contributed by atoms with Crippen LogP contribution >= 0.6 is 0 Å². The summed E-state index contributed by atoms with van der Waals surface area (Å²) in [5.74, 6) is 0.193. The molecule has 1 heterocycles. The molecular formula is C20H22F2O6. The van der Waals surface area contributed by atoms with E-state index in [1.165, 1.54) is 55.6 Å². The van der Waals surface area contributed by atoms with Crippen LogP contribution in [0.4, 0.5) is 8.78 Å². The predicted octanol–water partition coefficient (Wildman–Crippen LogP) is 2.54. The van der Waals surface area contributed by atoms with E-state index in [1.54, 1.807) is 0 Å². The minimum atomic E-state index is -1.05. The molecule has 8 heteroatoms. The molecule has 0 aliphatic carbocycles. The minimum Gasteiger partial charge on any atom is -0.491 e.